The molecule has 0 aromatic carbocycles. The molecular formula is C9H13ClN4. The van der Waals surface area contributed by atoms with Gasteiger partial charge in [0.25, 0.3) is 0 Å². The van der Waals surface area contributed by atoms with E-state index in [2.05, 4.69) is 27.5 Å². The third kappa shape index (κ3) is 2.33. The van der Waals surface area contributed by atoms with E-state index < -0.39 is 0 Å². The molecule has 0 bridgehead atoms. The minimum Gasteiger partial charge on any atom is -0.380 e. The quantitative estimate of drug-likeness (QED) is 0.801. The number of rotatable bonds is 2. The molecule has 0 radical (unpaired) electrons. The lowest BCUT2D eigenvalue weighted by Gasteiger charge is -2.13. The number of anilines is 1. The van der Waals surface area contributed by atoms with E-state index in [0.717, 1.165) is 25.2 Å². The molecule has 0 amide bonds. The summed E-state index contributed by atoms with van der Waals surface area (Å²) in [7, 11) is 2.12. The second-order valence-electron chi connectivity index (χ2n) is 3.66. The van der Waals surface area contributed by atoms with Gasteiger partial charge in [0.15, 0.2) is 5.15 Å². The molecule has 4 nitrogen and oxygen atoms in total. The fraction of sp³-hybridized carbons (Fsp3) is 0.556. The van der Waals surface area contributed by atoms with Crippen molar-refractivity contribution in [2.45, 2.75) is 12.5 Å². The number of nitrogens with zero attached hydrogens (tertiary/aromatic N) is 3. The van der Waals surface area contributed by atoms with Crippen LogP contribution in [0.5, 0.6) is 0 Å². The first-order chi connectivity index (χ1) is 6.74. The first-order valence-corrected chi connectivity index (χ1v) is 5.05. The molecule has 1 unspecified atom stereocenters. The maximum absolute atomic E-state index is 5.73. The standard InChI is InChI=1S/C9H13ClN4/c1-14-3-2-7(6-14)12-8-4-9(10)13-11-5-8/h4-5,7H,2-3,6H2,1H3,(H,12,13). The molecule has 76 valence electrons. The number of aromatic nitrogens is 2. The highest BCUT2D eigenvalue weighted by Gasteiger charge is 2.18. The van der Waals surface area contributed by atoms with Crippen LogP contribution in [0.2, 0.25) is 5.15 Å². The smallest absolute Gasteiger partial charge is 0.153 e. The summed E-state index contributed by atoms with van der Waals surface area (Å²) < 4.78 is 0. The van der Waals surface area contributed by atoms with Crippen LogP contribution >= 0.6 is 11.6 Å². The fourth-order valence-corrected chi connectivity index (χ4v) is 1.87. The van der Waals surface area contributed by atoms with Gasteiger partial charge in [-0.3, -0.25) is 0 Å². The van der Waals surface area contributed by atoms with E-state index in [-0.39, 0.29) is 0 Å². The molecule has 2 rings (SSSR count). The normalized spacial score (nSPS) is 22.6. The van der Waals surface area contributed by atoms with Crippen molar-refractivity contribution in [1.82, 2.24) is 15.1 Å². The summed E-state index contributed by atoms with van der Waals surface area (Å²) in [6.45, 7) is 2.21. The molecule has 1 aromatic heterocycles. The van der Waals surface area contributed by atoms with Crippen molar-refractivity contribution in [2.75, 3.05) is 25.5 Å². The molecule has 14 heavy (non-hydrogen) atoms. The second kappa shape index (κ2) is 4.11. The topological polar surface area (TPSA) is 41.0 Å². The molecule has 1 atom stereocenters. The maximum atomic E-state index is 5.73. The van der Waals surface area contributed by atoms with Gasteiger partial charge in [0, 0.05) is 18.7 Å². The van der Waals surface area contributed by atoms with E-state index >= 15 is 0 Å². The fourth-order valence-electron chi connectivity index (χ4n) is 1.71. The van der Waals surface area contributed by atoms with Crippen molar-refractivity contribution in [2.24, 2.45) is 0 Å². The maximum Gasteiger partial charge on any atom is 0.153 e. The van der Waals surface area contributed by atoms with Crippen molar-refractivity contribution < 1.29 is 0 Å². The molecule has 0 aliphatic carbocycles. The summed E-state index contributed by atoms with van der Waals surface area (Å²) in [5.41, 5.74) is 0.949. The SMILES string of the molecule is CN1CCC(Nc2cnnc(Cl)c2)C1. The number of likely N-dealkylation sites (N-methyl/N-ethyl adjacent to an activating group) is 1. The summed E-state index contributed by atoms with van der Waals surface area (Å²) in [5.74, 6) is 0. The monoisotopic (exact) mass is 212 g/mol. The van der Waals surface area contributed by atoms with Crippen LogP contribution in [0, 0.1) is 0 Å². The third-order valence-electron chi connectivity index (χ3n) is 2.39. The lowest BCUT2D eigenvalue weighted by molar-refractivity contribution is 0.414. The minimum absolute atomic E-state index is 0.432. The minimum atomic E-state index is 0.432. The van der Waals surface area contributed by atoms with Crippen LogP contribution in [0.25, 0.3) is 0 Å². The summed E-state index contributed by atoms with van der Waals surface area (Å²) >= 11 is 5.73. The van der Waals surface area contributed by atoms with Crippen molar-refractivity contribution in [3.05, 3.63) is 17.4 Å². The Morgan fingerprint density at radius 3 is 3.14 bits per heavy atom. The Morgan fingerprint density at radius 2 is 2.50 bits per heavy atom. The molecule has 1 fully saturated rings. The Labute approximate surface area is 88.3 Å². The molecule has 1 aliphatic rings. The van der Waals surface area contributed by atoms with Gasteiger partial charge in [0.1, 0.15) is 0 Å². The lowest BCUT2D eigenvalue weighted by atomic mass is 10.2. The highest BCUT2D eigenvalue weighted by Crippen LogP contribution is 2.15. The average molecular weight is 213 g/mol. The highest BCUT2D eigenvalue weighted by atomic mass is 35.5. The van der Waals surface area contributed by atoms with E-state index in [1.54, 1.807) is 12.3 Å². The van der Waals surface area contributed by atoms with E-state index in [4.69, 9.17) is 11.6 Å². The number of halogens is 1. The Balaban J connectivity index is 1.97. The molecule has 0 spiro atoms. The van der Waals surface area contributed by atoms with Gasteiger partial charge in [-0.1, -0.05) is 11.6 Å². The molecule has 1 saturated heterocycles. The van der Waals surface area contributed by atoms with Crippen LogP contribution in [0.3, 0.4) is 0 Å². The zero-order chi connectivity index (χ0) is 9.97. The van der Waals surface area contributed by atoms with Crippen molar-refractivity contribution in [3.8, 4) is 0 Å². The first-order valence-electron chi connectivity index (χ1n) is 4.67. The zero-order valence-corrected chi connectivity index (χ0v) is 8.83. The number of nitrogens with one attached hydrogen (secondary N) is 1. The van der Waals surface area contributed by atoms with Gasteiger partial charge in [0.05, 0.1) is 11.9 Å². The lowest BCUT2D eigenvalue weighted by Crippen LogP contribution is -2.23. The second-order valence-corrected chi connectivity index (χ2v) is 4.05. The van der Waals surface area contributed by atoms with Crippen molar-refractivity contribution in [1.29, 1.82) is 0 Å². The molecule has 1 N–H and O–H groups in total. The predicted octanol–water partition coefficient (Wildman–Crippen LogP) is 1.25. The van der Waals surface area contributed by atoms with E-state index in [1.807, 2.05) is 0 Å². The Bertz CT molecular complexity index is 317. The molecule has 5 heteroatoms. The van der Waals surface area contributed by atoms with Gasteiger partial charge in [-0.15, -0.1) is 5.10 Å². The molecule has 2 heterocycles. The number of hydrogen-bond acceptors (Lipinski definition) is 4. The number of hydrogen-bond donors (Lipinski definition) is 1. The largest absolute Gasteiger partial charge is 0.380 e. The van der Waals surface area contributed by atoms with Crippen LogP contribution in [-0.4, -0.2) is 41.3 Å². The van der Waals surface area contributed by atoms with Crippen LogP contribution < -0.4 is 5.32 Å². The van der Waals surface area contributed by atoms with Gasteiger partial charge >= 0.3 is 0 Å². The van der Waals surface area contributed by atoms with Crippen LogP contribution in [0.1, 0.15) is 6.42 Å². The summed E-state index contributed by atoms with van der Waals surface area (Å²) in [6, 6.07) is 2.30. The van der Waals surface area contributed by atoms with Crippen LogP contribution in [-0.2, 0) is 0 Å². The molecule has 1 aliphatic heterocycles. The summed E-state index contributed by atoms with van der Waals surface area (Å²) in [6.07, 6.45) is 2.86. The Hall–Kier alpha value is -0.870. The third-order valence-corrected chi connectivity index (χ3v) is 2.57. The molecule has 0 saturated carbocycles. The van der Waals surface area contributed by atoms with Gasteiger partial charge in [-0.2, -0.15) is 5.10 Å². The van der Waals surface area contributed by atoms with Gasteiger partial charge < -0.3 is 10.2 Å². The summed E-state index contributed by atoms with van der Waals surface area (Å²) in [5, 5.41) is 11.3. The van der Waals surface area contributed by atoms with Gasteiger partial charge in [-0.05, 0) is 20.0 Å². The van der Waals surface area contributed by atoms with Gasteiger partial charge in [-0.25, -0.2) is 0 Å². The van der Waals surface area contributed by atoms with Crippen LogP contribution in [0.4, 0.5) is 5.69 Å². The van der Waals surface area contributed by atoms with E-state index in [0.29, 0.717) is 11.2 Å². The van der Waals surface area contributed by atoms with Gasteiger partial charge in [0.2, 0.25) is 0 Å². The molecule has 1 aromatic rings. The average Bonchev–Trinajstić information content (AvgIpc) is 2.51. The summed E-state index contributed by atoms with van der Waals surface area (Å²) in [4.78, 5) is 2.30. The van der Waals surface area contributed by atoms with Crippen LogP contribution in [0.15, 0.2) is 12.3 Å². The first kappa shape index (κ1) is 9.68. The van der Waals surface area contributed by atoms with E-state index in [9.17, 15) is 0 Å². The van der Waals surface area contributed by atoms with Crippen molar-refractivity contribution in [3.63, 3.8) is 0 Å². The van der Waals surface area contributed by atoms with E-state index in [1.165, 1.54) is 0 Å². The predicted molar refractivity (Wildman–Crippen MR) is 56.6 cm³/mol. The highest BCUT2D eigenvalue weighted by molar-refractivity contribution is 6.29. The van der Waals surface area contributed by atoms with Crippen molar-refractivity contribution >= 4 is 17.3 Å². The Kier molecular flexibility index (Phi) is 2.84. The zero-order valence-electron chi connectivity index (χ0n) is 8.07. The Morgan fingerprint density at radius 1 is 1.64 bits per heavy atom. The molecular weight excluding hydrogens is 200 g/mol. The number of likely N-dealkylation sites (tertiary alicyclic amines) is 1.